The first-order valence-corrected chi connectivity index (χ1v) is 17.6. The minimum Gasteiger partial charge on any atom is -0.481 e. The third-order valence-corrected chi connectivity index (χ3v) is 15.0. The van der Waals surface area contributed by atoms with E-state index in [1.807, 2.05) is 18.2 Å². The first kappa shape index (κ1) is 30.9. The van der Waals surface area contributed by atoms with Crippen LogP contribution in [0.15, 0.2) is 48.3 Å². The number of allylic oxidation sites excluding steroid dienone is 2. The standard InChI is InChI=1S/C40H54N2O3/c1-25-16-19-40(35(43)45-23-27-12-10-9-11-13-27)21-20-38(6)29(32(40)26(25)2)14-15-31-37(5)22-28-33(41-24-42-34(28)44-8)36(3,4)30(37)17-18-39(31,38)7/h9-14,24-26,30-32H,15-23H2,1-8H3/t25-,26-,30+,31-,32-,37+,38+,39-,40-/m0/s1. The Morgan fingerprint density at radius 3 is 2.42 bits per heavy atom. The molecular formula is C40H54N2O3. The van der Waals surface area contributed by atoms with Crippen molar-refractivity contribution in [1.82, 2.24) is 9.97 Å². The Balaban J connectivity index is 1.28. The molecule has 242 valence electrons. The number of methoxy groups -OCH3 is 1. The first-order valence-electron chi connectivity index (χ1n) is 17.6. The van der Waals surface area contributed by atoms with Crippen molar-refractivity contribution < 1.29 is 14.3 Å². The number of nitrogens with zero attached hydrogens (tertiary/aromatic N) is 2. The molecule has 7 rings (SSSR count). The molecule has 0 saturated heterocycles. The van der Waals surface area contributed by atoms with E-state index in [4.69, 9.17) is 14.5 Å². The van der Waals surface area contributed by atoms with Gasteiger partial charge in [0.2, 0.25) is 5.88 Å². The van der Waals surface area contributed by atoms with Crippen LogP contribution in [-0.2, 0) is 28.0 Å². The van der Waals surface area contributed by atoms with E-state index in [2.05, 4.69) is 71.7 Å². The average molecular weight is 611 g/mol. The SMILES string of the molecule is COc1ncnc2c1C[C@]1(C)[C@H](CC[C@@]3(C)[C@H]1CC=C1[C@@H]4[C@@H](C)[C@@H](C)CC[C@]4(C(=O)OCc4ccccc4)CC[C@]13C)C2(C)C. The number of esters is 1. The van der Waals surface area contributed by atoms with Crippen molar-refractivity contribution in [3.8, 4) is 5.88 Å². The van der Waals surface area contributed by atoms with Gasteiger partial charge in [0.15, 0.2) is 0 Å². The Labute approximate surface area is 271 Å². The van der Waals surface area contributed by atoms with Crippen LogP contribution in [0.5, 0.6) is 5.88 Å². The molecule has 0 aliphatic heterocycles. The van der Waals surface area contributed by atoms with Crippen LogP contribution in [0.3, 0.4) is 0 Å². The molecule has 1 heterocycles. The van der Waals surface area contributed by atoms with Gasteiger partial charge in [-0.3, -0.25) is 4.79 Å². The van der Waals surface area contributed by atoms with Gasteiger partial charge < -0.3 is 9.47 Å². The predicted octanol–water partition coefficient (Wildman–Crippen LogP) is 8.90. The molecule has 5 aliphatic rings. The summed E-state index contributed by atoms with van der Waals surface area (Å²) in [7, 11) is 1.75. The van der Waals surface area contributed by atoms with Crippen molar-refractivity contribution in [1.29, 1.82) is 0 Å². The van der Waals surface area contributed by atoms with Crippen LogP contribution in [0.2, 0.25) is 0 Å². The lowest BCUT2D eigenvalue weighted by Gasteiger charge is -2.70. The molecule has 0 N–H and O–H groups in total. The maximum Gasteiger partial charge on any atom is 0.313 e. The van der Waals surface area contributed by atoms with Gasteiger partial charge >= 0.3 is 5.97 Å². The summed E-state index contributed by atoms with van der Waals surface area (Å²) in [5, 5.41) is 0. The second kappa shape index (κ2) is 10.4. The second-order valence-electron chi connectivity index (χ2n) is 17.0. The zero-order chi connectivity index (χ0) is 32.0. The fourth-order valence-corrected chi connectivity index (χ4v) is 12.3. The highest BCUT2D eigenvalue weighted by Gasteiger charge is 2.69. The van der Waals surface area contributed by atoms with E-state index in [-0.39, 0.29) is 33.5 Å². The first-order chi connectivity index (χ1) is 21.3. The van der Waals surface area contributed by atoms with Crippen LogP contribution in [0.1, 0.15) is 110 Å². The van der Waals surface area contributed by atoms with E-state index >= 15 is 0 Å². The topological polar surface area (TPSA) is 61.3 Å². The molecule has 45 heavy (non-hydrogen) atoms. The minimum absolute atomic E-state index is 0.0405. The molecule has 5 heteroatoms. The number of rotatable bonds is 4. The molecule has 1 aromatic heterocycles. The Morgan fingerprint density at radius 1 is 0.933 bits per heavy atom. The average Bonchev–Trinajstić information content (AvgIpc) is 3.02. The second-order valence-corrected chi connectivity index (χ2v) is 17.0. The molecule has 0 spiro atoms. The molecule has 1 aromatic carbocycles. The van der Waals surface area contributed by atoms with E-state index in [9.17, 15) is 4.79 Å². The summed E-state index contributed by atoms with van der Waals surface area (Å²) in [5.41, 5.74) is 4.85. The van der Waals surface area contributed by atoms with Crippen LogP contribution < -0.4 is 4.74 Å². The van der Waals surface area contributed by atoms with Crippen LogP contribution in [0.25, 0.3) is 0 Å². The number of carbonyl (C=O) groups excluding carboxylic acids is 1. The normalized spacial score (nSPS) is 41.2. The largest absolute Gasteiger partial charge is 0.481 e. The minimum atomic E-state index is -0.424. The van der Waals surface area contributed by atoms with Crippen LogP contribution in [0.4, 0.5) is 0 Å². The molecule has 3 saturated carbocycles. The van der Waals surface area contributed by atoms with Crippen molar-refractivity contribution in [3.05, 3.63) is 65.1 Å². The zero-order valence-corrected chi connectivity index (χ0v) is 28.9. The number of fused-ring (bicyclic) bond motifs is 8. The van der Waals surface area contributed by atoms with Gasteiger partial charge in [-0.1, -0.05) is 90.4 Å². The number of ether oxygens (including phenoxy) is 2. The van der Waals surface area contributed by atoms with Crippen molar-refractivity contribution in [2.24, 2.45) is 51.2 Å². The zero-order valence-electron chi connectivity index (χ0n) is 28.9. The van der Waals surface area contributed by atoms with Crippen molar-refractivity contribution in [2.45, 2.75) is 112 Å². The van der Waals surface area contributed by atoms with Crippen molar-refractivity contribution in [2.75, 3.05) is 7.11 Å². The Hall–Kier alpha value is -2.69. The number of aromatic nitrogens is 2. The van der Waals surface area contributed by atoms with Gasteiger partial charge in [0, 0.05) is 11.0 Å². The number of benzene rings is 1. The molecule has 5 aliphatic carbocycles. The van der Waals surface area contributed by atoms with Gasteiger partial charge in [-0.05, 0) is 103 Å². The highest BCUT2D eigenvalue weighted by molar-refractivity contribution is 5.79. The monoisotopic (exact) mass is 610 g/mol. The molecule has 0 unspecified atom stereocenters. The van der Waals surface area contributed by atoms with E-state index in [0.29, 0.717) is 30.3 Å². The smallest absolute Gasteiger partial charge is 0.313 e. The third-order valence-electron chi connectivity index (χ3n) is 15.0. The van der Waals surface area contributed by atoms with Crippen molar-refractivity contribution in [3.63, 3.8) is 0 Å². The van der Waals surface area contributed by atoms with Gasteiger partial charge in [-0.2, -0.15) is 0 Å². The maximum atomic E-state index is 14.3. The van der Waals surface area contributed by atoms with E-state index in [1.54, 1.807) is 19.0 Å². The third kappa shape index (κ3) is 4.13. The maximum absolute atomic E-state index is 14.3. The summed E-state index contributed by atoms with van der Waals surface area (Å²) in [6, 6.07) is 10.2. The van der Waals surface area contributed by atoms with Gasteiger partial charge in [0.05, 0.1) is 18.2 Å². The Kier molecular flexibility index (Phi) is 7.15. The fourth-order valence-electron chi connectivity index (χ4n) is 12.3. The predicted molar refractivity (Wildman–Crippen MR) is 178 cm³/mol. The molecule has 9 atom stereocenters. The molecule has 3 fully saturated rings. The molecule has 0 bridgehead atoms. The van der Waals surface area contributed by atoms with Gasteiger partial charge in [-0.25, -0.2) is 9.97 Å². The van der Waals surface area contributed by atoms with E-state index < -0.39 is 5.41 Å². The van der Waals surface area contributed by atoms with Gasteiger partial charge in [0.25, 0.3) is 0 Å². The summed E-state index contributed by atoms with van der Waals surface area (Å²) in [5.74, 6) is 3.14. The molecule has 0 radical (unpaired) electrons. The lowest BCUT2D eigenvalue weighted by atomic mass is 9.33. The van der Waals surface area contributed by atoms with Gasteiger partial charge in [0.1, 0.15) is 12.9 Å². The van der Waals surface area contributed by atoms with Crippen LogP contribution >= 0.6 is 0 Å². The quantitative estimate of drug-likeness (QED) is 0.256. The number of carbonyl (C=O) groups is 1. The van der Waals surface area contributed by atoms with E-state index in [1.165, 1.54) is 24.1 Å². The highest BCUT2D eigenvalue weighted by Crippen LogP contribution is 2.75. The van der Waals surface area contributed by atoms with Crippen molar-refractivity contribution >= 4 is 5.97 Å². The summed E-state index contributed by atoms with van der Waals surface area (Å²) in [6.45, 7) is 17.8. The molecule has 5 nitrogen and oxygen atoms in total. The molecule has 2 aromatic rings. The number of hydrogen-bond donors (Lipinski definition) is 0. The van der Waals surface area contributed by atoms with Gasteiger partial charge in [-0.15, -0.1) is 0 Å². The lowest BCUT2D eigenvalue weighted by molar-refractivity contribution is -0.184. The lowest BCUT2D eigenvalue weighted by Crippen LogP contribution is -2.65. The number of hydrogen-bond acceptors (Lipinski definition) is 5. The summed E-state index contributed by atoms with van der Waals surface area (Å²) in [4.78, 5) is 23.8. The van der Waals surface area contributed by atoms with Crippen LogP contribution in [0, 0.1) is 51.2 Å². The van der Waals surface area contributed by atoms with E-state index in [0.717, 1.165) is 50.0 Å². The molecule has 0 amide bonds. The van der Waals surface area contributed by atoms with Crippen LogP contribution in [-0.4, -0.2) is 23.0 Å². The Morgan fingerprint density at radius 2 is 1.69 bits per heavy atom. The Bertz CT molecular complexity index is 1520. The molecular weight excluding hydrogens is 556 g/mol. The fraction of sp³-hybridized carbons (Fsp3) is 0.675. The summed E-state index contributed by atoms with van der Waals surface area (Å²) < 4.78 is 12.1. The highest BCUT2D eigenvalue weighted by atomic mass is 16.5. The summed E-state index contributed by atoms with van der Waals surface area (Å²) in [6.07, 6.45) is 12.8. The summed E-state index contributed by atoms with van der Waals surface area (Å²) >= 11 is 0.